The Morgan fingerprint density at radius 3 is 1.87 bits per heavy atom. The highest BCUT2D eigenvalue weighted by Gasteiger charge is 2.23. The van der Waals surface area contributed by atoms with Crippen molar-refractivity contribution in [3.8, 4) is 34.1 Å². The van der Waals surface area contributed by atoms with E-state index in [4.69, 9.17) is 9.72 Å². The van der Waals surface area contributed by atoms with Crippen molar-refractivity contribution in [2.45, 2.75) is 0 Å². The summed E-state index contributed by atoms with van der Waals surface area (Å²) in [5.41, 5.74) is 9.97. The maximum Gasteiger partial charge on any atom is 0.137 e. The van der Waals surface area contributed by atoms with E-state index in [1.807, 2.05) is 30.5 Å². The molecule has 3 aromatic heterocycles. The lowest BCUT2D eigenvalue weighted by molar-refractivity contribution is 0.483. The molecular weight excluding hydrogens is 639 g/mol. The molecule has 6 heteroatoms. The van der Waals surface area contributed by atoms with Crippen molar-refractivity contribution in [1.82, 2.24) is 14.1 Å². The second-order valence-corrected chi connectivity index (χ2v) is 13.0. The Bertz CT molecular complexity index is 2740. The van der Waals surface area contributed by atoms with Crippen LogP contribution in [0.15, 0.2) is 188 Å². The van der Waals surface area contributed by atoms with Gasteiger partial charge in [-0.25, -0.2) is 4.98 Å². The van der Waals surface area contributed by atoms with Gasteiger partial charge in [0.25, 0.3) is 0 Å². The highest BCUT2D eigenvalue weighted by molar-refractivity contribution is 6.20. The molecule has 0 bridgehead atoms. The smallest absolute Gasteiger partial charge is 0.137 e. The average molecular weight is 672 g/mol. The van der Waals surface area contributed by atoms with Gasteiger partial charge in [0, 0.05) is 58.6 Å². The second kappa shape index (κ2) is 12.4. The molecule has 0 amide bonds. The summed E-state index contributed by atoms with van der Waals surface area (Å²) in [6.07, 6.45) is 6.11. The van der Waals surface area contributed by atoms with Crippen LogP contribution in [0, 0.1) is 0 Å². The SMILES string of the molecule is C1=CN(c2cc(Oc3ccc4c(c3)n(-c3ccccn3)c3c5ccccc5n(-c5ccccc5)c43)cc(-c3ccccc3)c2)CN1c1ccccc1. The first kappa shape index (κ1) is 29.8. The first-order chi connectivity index (χ1) is 25.8. The Balaban J connectivity index is 1.12. The van der Waals surface area contributed by atoms with Gasteiger partial charge < -0.3 is 19.1 Å². The van der Waals surface area contributed by atoms with Gasteiger partial charge in [-0.05, 0) is 77.9 Å². The van der Waals surface area contributed by atoms with Gasteiger partial charge in [0.1, 0.15) is 17.3 Å². The second-order valence-electron chi connectivity index (χ2n) is 13.0. The molecule has 0 fully saturated rings. The lowest BCUT2D eigenvalue weighted by Gasteiger charge is -2.23. The van der Waals surface area contributed by atoms with E-state index in [0.717, 1.165) is 78.3 Å². The first-order valence-corrected chi connectivity index (χ1v) is 17.5. The molecule has 0 saturated heterocycles. The molecule has 52 heavy (non-hydrogen) atoms. The third-order valence-electron chi connectivity index (χ3n) is 9.81. The number of rotatable bonds is 7. The number of para-hydroxylation sites is 3. The van der Waals surface area contributed by atoms with E-state index < -0.39 is 0 Å². The third kappa shape index (κ3) is 5.08. The fourth-order valence-electron chi connectivity index (χ4n) is 7.46. The van der Waals surface area contributed by atoms with Gasteiger partial charge in [0.15, 0.2) is 0 Å². The number of hydrogen-bond donors (Lipinski definition) is 0. The lowest BCUT2D eigenvalue weighted by Crippen LogP contribution is -2.24. The summed E-state index contributed by atoms with van der Waals surface area (Å²) in [6, 6.07) is 59.1. The van der Waals surface area contributed by atoms with E-state index in [-0.39, 0.29) is 0 Å². The Kier molecular flexibility index (Phi) is 7.10. The minimum Gasteiger partial charge on any atom is -0.457 e. The molecule has 0 spiro atoms. The van der Waals surface area contributed by atoms with Gasteiger partial charge in [-0.3, -0.25) is 4.57 Å². The number of ether oxygens (including phenoxy) is 1. The van der Waals surface area contributed by atoms with Crippen LogP contribution in [0.1, 0.15) is 0 Å². The zero-order valence-electron chi connectivity index (χ0n) is 28.2. The van der Waals surface area contributed by atoms with Crippen molar-refractivity contribution >= 4 is 44.2 Å². The zero-order chi connectivity index (χ0) is 34.4. The number of pyridine rings is 1. The summed E-state index contributed by atoms with van der Waals surface area (Å²) in [5.74, 6) is 2.37. The quantitative estimate of drug-likeness (QED) is 0.169. The predicted octanol–water partition coefficient (Wildman–Crippen LogP) is 11.3. The van der Waals surface area contributed by atoms with Crippen molar-refractivity contribution in [1.29, 1.82) is 0 Å². The van der Waals surface area contributed by atoms with E-state index in [9.17, 15) is 0 Å². The Morgan fingerprint density at radius 1 is 0.442 bits per heavy atom. The number of hydrogen-bond acceptors (Lipinski definition) is 4. The van der Waals surface area contributed by atoms with Gasteiger partial charge in [-0.1, -0.05) is 91.0 Å². The zero-order valence-corrected chi connectivity index (χ0v) is 28.2. The van der Waals surface area contributed by atoms with Gasteiger partial charge in [0.2, 0.25) is 0 Å². The van der Waals surface area contributed by atoms with Gasteiger partial charge in [-0.15, -0.1) is 0 Å². The molecule has 9 aromatic rings. The van der Waals surface area contributed by atoms with E-state index in [2.05, 4.69) is 177 Å². The standard InChI is InChI=1S/C46H33N5O/c1-4-14-33(15-5-1)34-28-37(49-27-26-48(32-49)35-16-6-2-7-17-35)30-39(29-34)52-38-23-24-41-43(31-38)51(44-22-12-13-25-47-44)46-40-20-10-11-21-42(40)50(45(41)46)36-18-8-3-9-19-36/h1-31H,32H2. The van der Waals surface area contributed by atoms with Crippen LogP contribution in [-0.4, -0.2) is 20.8 Å². The monoisotopic (exact) mass is 671 g/mol. The summed E-state index contributed by atoms with van der Waals surface area (Å²) in [4.78, 5) is 9.34. The molecule has 0 aliphatic carbocycles. The molecular formula is C46H33N5O. The van der Waals surface area contributed by atoms with Crippen LogP contribution in [0.5, 0.6) is 11.5 Å². The molecule has 0 radical (unpaired) electrons. The largest absolute Gasteiger partial charge is 0.457 e. The first-order valence-electron chi connectivity index (χ1n) is 17.5. The fraction of sp³-hybridized carbons (Fsp3) is 0.0217. The summed E-state index contributed by atoms with van der Waals surface area (Å²) < 4.78 is 11.5. The minimum absolute atomic E-state index is 0.705. The van der Waals surface area contributed by atoms with Gasteiger partial charge >= 0.3 is 0 Å². The van der Waals surface area contributed by atoms with Crippen molar-refractivity contribution in [3.05, 3.63) is 188 Å². The van der Waals surface area contributed by atoms with Crippen LogP contribution in [0.4, 0.5) is 11.4 Å². The molecule has 1 aliphatic heterocycles. The number of anilines is 2. The van der Waals surface area contributed by atoms with Crippen LogP contribution in [0.2, 0.25) is 0 Å². The molecule has 6 aromatic carbocycles. The van der Waals surface area contributed by atoms with Crippen molar-refractivity contribution in [3.63, 3.8) is 0 Å². The third-order valence-corrected chi connectivity index (χ3v) is 9.81. The van der Waals surface area contributed by atoms with Gasteiger partial charge in [0.05, 0.1) is 28.7 Å². The molecule has 0 saturated carbocycles. The summed E-state index contributed by atoms with van der Waals surface area (Å²) in [5, 5.41) is 2.28. The normalized spacial score (nSPS) is 12.8. The van der Waals surface area contributed by atoms with Crippen molar-refractivity contribution < 1.29 is 4.74 Å². The van der Waals surface area contributed by atoms with Crippen LogP contribution in [0.3, 0.4) is 0 Å². The molecule has 10 rings (SSSR count). The molecule has 1 aliphatic rings. The number of aromatic nitrogens is 3. The topological polar surface area (TPSA) is 38.5 Å². The summed E-state index contributed by atoms with van der Waals surface area (Å²) in [6.45, 7) is 0.705. The Hall–Kier alpha value is -7.05. The maximum absolute atomic E-state index is 6.82. The molecule has 6 nitrogen and oxygen atoms in total. The maximum atomic E-state index is 6.82. The minimum atomic E-state index is 0.705. The van der Waals surface area contributed by atoms with Crippen LogP contribution < -0.4 is 14.5 Å². The highest BCUT2D eigenvalue weighted by atomic mass is 16.5. The van der Waals surface area contributed by atoms with Crippen molar-refractivity contribution in [2.75, 3.05) is 16.5 Å². The Labute approximate surface area is 301 Å². The van der Waals surface area contributed by atoms with Crippen LogP contribution in [-0.2, 0) is 0 Å². The van der Waals surface area contributed by atoms with Crippen LogP contribution in [0.25, 0.3) is 55.5 Å². The molecule has 248 valence electrons. The van der Waals surface area contributed by atoms with Crippen molar-refractivity contribution in [2.24, 2.45) is 0 Å². The fourth-order valence-corrected chi connectivity index (χ4v) is 7.46. The summed E-state index contributed by atoms with van der Waals surface area (Å²) >= 11 is 0. The average Bonchev–Trinajstić information content (AvgIpc) is 3.92. The molecule has 0 atom stereocenters. The van der Waals surface area contributed by atoms with E-state index in [1.165, 1.54) is 0 Å². The molecule has 0 unspecified atom stereocenters. The Morgan fingerprint density at radius 2 is 1.10 bits per heavy atom. The predicted molar refractivity (Wildman–Crippen MR) is 213 cm³/mol. The van der Waals surface area contributed by atoms with E-state index >= 15 is 0 Å². The highest BCUT2D eigenvalue weighted by Crippen LogP contribution is 2.42. The number of fused-ring (bicyclic) bond motifs is 5. The van der Waals surface area contributed by atoms with E-state index in [1.54, 1.807) is 0 Å². The van der Waals surface area contributed by atoms with Gasteiger partial charge in [-0.2, -0.15) is 0 Å². The van der Waals surface area contributed by atoms with E-state index in [0.29, 0.717) is 6.67 Å². The van der Waals surface area contributed by atoms with Crippen LogP contribution >= 0.6 is 0 Å². The lowest BCUT2D eigenvalue weighted by atomic mass is 10.0. The molecule has 4 heterocycles. The molecule has 0 N–H and O–H groups in total. The number of benzene rings is 6. The number of nitrogens with zero attached hydrogens (tertiary/aromatic N) is 5. The summed E-state index contributed by atoms with van der Waals surface area (Å²) in [7, 11) is 0.